The lowest BCUT2D eigenvalue weighted by Crippen LogP contribution is -2.46. The summed E-state index contributed by atoms with van der Waals surface area (Å²) < 4.78 is 0. The Kier molecular flexibility index (Phi) is 6.16. The van der Waals surface area contributed by atoms with Crippen LogP contribution < -0.4 is 15.5 Å². The molecule has 3 rings (SSSR count). The zero-order valence-corrected chi connectivity index (χ0v) is 15.6. The third-order valence-corrected chi connectivity index (χ3v) is 5.08. The number of hydrogen-bond acceptors (Lipinski definition) is 5. The molecule has 1 saturated heterocycles. The third-order valence-electron chi connectivity index (χ3n) is 5.08. The van der Waals surface area contributed by atoms with Crippen LogP contribution in [-0.4, -0.2) is 73.6 Å². The number of aliphatic carboxylic acids is 1. The van der Waals surface area contributed by atoms with E-state index in [0.29, 0.717) is 18.5 Å². The molecule has 0 saturated carbocycles. The fourth-order valence-corrected chi connectivity index (χ4v) is 3.44. The topological polar surface area (TPSA) is 102 Å². The molecule has 1 aromatic rings. The summed E-state index contributed by atoms with van der Waals surface area (Å²) in [4.78, 5) is 39.7. The molecule has 1 atom stereocenters. The van der Waals surface area contributed by atoms with Crippen molar-refractivity contribution in [1.82, 2.24) is 15.5 Å². The minimum absolute atomic E-state index is 0.118. The summed E-state index contributed by atoms with van der Waals surface area (Å²) in [6.45, 7) is 3.77. The molecule has 3 N–H and O–H groups in total. The SMILES string of the molecule is C#C[C@H](CNC(=O)CN1CCc2ccc(N3CCNCC3)cc2C1=O)C(=O)O. The number of carbonyl (C=O) groups is 3. The van der Waals surface area contributed by atoms with E-state index in [4.69, 9.17) is 11.5 Å². The first-order valence-electron chi connectivity index (χ1n) is 9.33. The van der Waals surface area contributed by atoms with Crippen LogP contribution in [0.25, 0.3) is 0 Å². The summed E-state index contributed by atoms with van der Waals surface area (Å²) in [5.41, 5.74) is 2.62. The highest BCUT2D eigenvalue weighted by atomic mass is 16.4. The number of nitrogens with one attached hydrogen (secondary N) is 2. The van der Waals surface area contributed by atoms with Gasteiger partial charge in [0.05, 0.1) is 6.54 Å². The lowest BCUT2D eigenvalue weighted by Gasteiger charge is -2.32. The first kappa shape index (κ1) is 19.7. The van der Waals surface area contributed by atoms with Gasteiger partial charge in [-0.2, -0.15) is 0 Å². The van der Waals surface area contributed by atoms with Gasteiger partial charge >= 0.3 is 5.97 Å². The molecule has 2 aliphatic rings. The van der Waals surface area contributed by atoms with Crippen molar-refractivity contribution in [1.29, 1.82) is 0 Å². The summed E-state index contributed by atoms with van der Waals surface area (Å²) >= 11 is 0. The standard InChI is InChI=1S/C20H24N4O4/c1-2-14(20(27)28)12-22-18(25)13-24-8-5-15-3-4-16(11-17(15)19(24)26)23-9-6-21-7-10-23/h1,3-4,11,14,21H,5-10,12-13H2,(H,22,25)(H,27,28)/t14-/m1/s1. The Hall–Kier alpha value is -3.05. The highest BCUT2D eigenvalue weighted by Crippen LogP contribution is 2.25. The fourth-order valence-electron chi connectivity index (χ4n) is 3.44. The summed E-state index contributed by atoms with van der Waals surface area (Å²) in [5, 5.41) is 14.7. The van der Waals surface area contributed by atoms with Gasteiger partial charge in [-0.05, 0) is 24.1 Å². The molecule has 0 aromatic heterocycles. The van der Waals surface area contributed by atoms with Crippen LogP contribution >= 0.6 is 0 Å². The number of carboxylic acid groups (broad SMARTS) is 1. The Morgan fingerprint density at radius 3 is 2.71 bits per heavy atom. The normalized spacial score (nSPS) is 17.5. The number of piperazine rings is 1. The number of amides is 2. The average molecular weight is 384 g/mol. The maximum absolute atomic E-state index is 12.9. The number of nitrogens with zero attached hydrogens (tertiary/aromatic N) is 2. The van der Waals surface area contributed by atoms with Gasteiger partial charge in [0.1, 0.15) is 5.92 Å². The maximum atomic E-state index is 12.9. The molecule has 0 spiro atoms. The van der Waals surface area contributed by atoms with Crippen molar-refractivity contribution in [2.24, 2.45) is 5.92 Å². The molecule has 2 heterocycles. The number of carboxylic acids is 1. The second kappa shape index (κ2) is 8.76. The van der Waals surface area contributed by atoms with Crippen LogP contribution in [0.1, 0.15) is 15.9 Å². The van der Waals surface area contributed by atoms with Gasteiger partial charge in [0.25, 0.3) is 5.91 Å². The number of rotatable bonds is 6. The Balaban J connectivity index is 1.64. The molecule has 8 heteroatoms. The number of carbonyl (C=O) groups excluding carboxylic acids is 2. The van der Waals surface area contributed by atoms with Crippen LogP contribution in [0.5, 0.6) is 0 Å². The van der Waals surface area contributed by atoms with Gasteiger partial charge < -0.3 is 25.5 Å². The van der Waals surface area contributed by atoms with Gasteiger partial charge in [-0.25, -0.2) is 0 Å². The van der Waals surface area contributed by atoms with Crippen molar-refractivity contribution in [3.63, 3.8) is 0 Å². The van der Waals surface area contributed by atoms with Gasteiger partial charge in [0.2, 0.25) is 5.91 Å². The van der Waals surface area contributed by atoms with Crippen LogP contribution in [0, 0.1) is 18.3 Å². The lowest BCUT2D eigenvalue weighted by molar-refractivity contribution is -0.139. The van der Waals surface area contributed by atoms with Crippen LogP contribution in [0.3, 0.4) is 0 Å². The fraction of sp³-hybridized carbons (Fsp3) is 0.450. The van der Waals surface area contributed by atoms with Crippen molar-refractivity contribution in [3.05, 3.63) is 29.3 Å². The van der Waals surface area contributed by atoms with Gasteiger partial charge in [0, 0.05) is 50.5 Å². The predicted molar refractivity (Wildman–Crippen MR) is 104 cm³/mol. The quantitative estimate of drug-likeness (QED) is 0.574. The van der Waals surface area contributed by atoms with Gasteiger partial charge in [-0.1, -0.05) is 12.0 Å². The first-order valence-corrected chi connectivity index (χ1v) is 9.33. The molecule has 28 heavy (non-hydrogen) atoms. The molecule has 1 fully saturated rings. The summed E-state index contributed by atoms with van der Waals surface area (Å²) in [6.07, 6.45) is 5.82. The van der Waals surface area contributed by atoms with Gasteiger partial charge in [0.15, 0.2) is 0 Å². The molecule has 1 aromatic carbocycles. The van der Waals surface area contributed by atoms with Crippen molar-refractivity contribution in [2.75, 3.05) is 50.7 Å². The molecule has 0 unspecified atom stereocenters. The molecular weight excluding hydrogens is 360 g/mol. The summed E-state index contributed by atoms with van der Waals surface area (Å²) in [5.74, 6) is -0.726. The summed E-state index contributed by atoms with van der Waals surface area (Å²) in [6, 6.07) is 5.95. The number of terminal acetylenes is 1. The van der Waals surface area contributed by atoms with Crippen molar-refractivity contribution >= 4 is 23.5 Å². The smallest absolute Gasteiger partial charge is 0.320 e. The summed E-state index contributed by atoms with van der Waals surface area (Å²) in [7, 11) is 0. The van der Waals surface area contributed by atoms with Crippen molar-refractivity contribution < 1.29 is 19.5 Å². The van der Waals surface area contributed by atoms with Crippen molar-refractivity contribution in [2.45, 2.75) is 6.42 Å². The van der Waals surface area contributed by atoms with E-state index >= 15 is 0 Å². The largest absolute Gasteiger partial charge is 0.480 e. The second-order valence-electron chi connectivity index (χ2n) is 6.92. The second-order valence-corrected chi connectivity index (χ2v) is 6.92. The van der Waals surface area contributed by atoms with Gasteiger partial charge in [-0.15, -0.1) is 6.42 Å². The molecule has 8 nitrogen and oxygen atoms in total. The molecular formula is C20H24N4O4. The third kappa shape index (κ3) is 4.43. The Morgan fingerprint density at radius 1 is 1.29 bits per heavy atom. The van der Waals surface area contributed by atoms with E-state index in [1.807, 2.05) is 18.2 Å². The minimum Gasteiger partial charge on any atom is -0.480 e. The molecule has 2 aliphatic heterocycles. The highest BCUT2D eigenvalue weighted by molar-refractivity contribution is 5.99. The van der Waals surface area contributed by atoms with E-state index < -0.39 is 17.8 Å². The van der Waals surface area contributed by atoms with Gasteiger partial charge in [-0.3, -0.25) is 14.4 Å². The number of fused-ring (bicyclic) bond motifs is 1. The Morgan fingerprint density at radius 2 is 2.04 bits per heavy atom. The van der Waals surface area contributed by atoms with Crippen LogP contribution in [0.15, 0.2) is 18.2 Å². The lowest BCUT2D eigenvalue weighted by atomic mass is 9.97. The van der Waals surface area contributed by atoms with E-state index in [1.165, 1.54) is 4.90 Å². The first-order chi connectivity index (χ1) is 13.5. The van der Waals surface area contributed by atoms with Crippen molar-refractivity contribution in [3.8, 4) is 12.3 Å². The molecule has 0 bridgehead atoms. The molecule has 148 valence electrons. The average Bonchev–Trinajstić information content (AvgIpc) is 2.71. The Bertz CT molecular complexity index is 811. The van der Waals surface area contributed by atoms with Crippen LogP contribution in [0.2, 0.25) is 0 Å². The number of hydrogen-bond donors (Lipinski definition) is 3. The minimum atomic E-state index is -1.16. The van der Waals surface area contributed by atoms with E-state index in [1.54, 1.807) is 0 Å². The monoisotopic (exact) mass is 384 g/mol. The zero-order valence-electron chi connectivity index (χ0n) is 15.6. The zero-order chi connectivity index (χ0) is 20.1. The molecule has 0 radical (unpaired) electrons. The highest BCUT2D eigenvalue weighted by Gasteiger charge is 2.27. The van der Waals surface area contributed by atoms with Crippen LogP contribution in [0.4, 0.5) is 5.69 Å². The molecule has 0 aliphatic carbocycles. The number of anilines is 1. The molecule has 2 amide bonds. The Labute approximate surface area is 163 Å². The van der Waals surface area contributed by atoms with E-state index in [9.17, 15) is 14.4 Å². The van der Waals surface area contributed by atoms with Crippen LogP contribution in [-0.2, 0) is 16.0 Å². The van der Waals surface area contributed by atoms with E-state index in [0.717, 1.165) is 37.4 Å². The maximum Gasteiger partial charge on any atom is 0.320 e. The van der Waals surface area contributed by atoms with E-state index in [2.05, 4.69) is 21.5 Å². The predicted octanol–water partition coefficient (Wildman–Crippen LogP) is -0.455. The number of benzene rings is 1. The van der Waals surface area contributed by atoms with E-state index in [-0.39, 0.29) is 19.0 Å².